The van der Waals surface area contributed by atoms with Gasteiger partial charge in [-0.25, -0.2) is 9.97 Å². The van der Waals surface area contributed by atoms with E-state index in [9.17, 15) is 0 Å². The third-order valence-corrected chi connectivity index (χ3v) is 8.88. The van der Waals surface area contributed by atoms with Crippen LogP contribution in [0.2, 0.25) is 0 Å². The number of hydrogen-bond donors (Lipinski definition) is 0. The van der Waals surface area contributed by atoms with Gasteiger partial charge in [-0.15, -0.1) is 17.5 Å². The van der Waals surface area contributed by atoms with Gasteiger partial charge in [0.2, 0.25) is 0 Å². The molecular weight excluding hydrogens is 758 g/mol. The predicted octanol–water partition coefficient (Wildman–Crippen LogP) is 10.5. The molecule has 5 nitrogen and oxygen atoms in total. The van der Waals surface area contributed by atoms with Crippen LogP contribution >= 0.6 is 0 Å². The maximum absolute atomic E-state index is 6.25. The monoisotopic (exact) mass is 790 g/mol. The molecule has 0 spiro atoms. The molecule has 0 atom stereocenters. The van der Waals surface area contributed by atoms with Crippen molar-refractivity contribution < 1.29 is 21.1 Å². The molecule has 47 heavy (non-hydrogen) atoms. The van der Waals surface area contributed by atoms with Gasteiger partial charge in [0.15, 0.2) is 0 Å². The van der Waals surface area contributed by atoms with Crippen molar-refractivity contribution in [3.8, 4) is 22.6 Å². The van der Waals surface area contributed by atoms with Gasteiger partial charge in [-0.3, -0.25) is 0 Å². The molecular formula is C41H33N5Pt. The summed E-state index contributed by atoms with van der Waals surface area (Å²) in [4.78, 5) is 9.78. The molecule has 232 valence electrons. The molecule has 0 aliphatic carbocycles. The van der Waals surface area contributed by atoms with E-state index in [-0.39, 0.29) is 21.1 Å². The number of hydrogen-bond acceptors (Lipinski definition) is 3. The van der Waals surface area contributed by atoms with Gasteiger partial charge >= 0.3 is 21.1 Å². The second-order valence-electron chi connectivity index (χ2n) is 12.2. The molecule has 4 heterocycles. The topological polar surface area (TPSA) is 59.4 Å². The summed E-state index contributed by atoms with van der Waals surface area (Å²) in [6, 6.07) is 40.6. The van der Waals surface area contributed by atoms with Gasteiger partial charge in [-0.05, 0) is 75.9 Å². The average Bonchev–Trinajstić information content (AvgIpc) is 3.61. The molecule has 0 fully saturated rings. The molecule has 0 unspecified atom stereocenters. The SMILES string of the molecule is CC(C)c1cccc(C(C)C)c1-c1ccnc(-n2c3[c-]c(-n4c5ccccc5c5cccnc54)ccc3c3ccccc32)c1.[C-]#N.[Pt+2]. The first-order chi connectivity index (χ1) is 22.5. The molecule has 8 rings (SSSR count). The largest absolute Gasteiger partial charge is 2.00 e. The van der Waals surface area contributed by atoms with E-state index in [1.807, 2.05) is 18.5 Å². The Morgan fingerprint density at radius 1 is 0.617 bits per heavy atom. The summed E-state index contributed by atoms with van der Waals surface area (Å²) in [5.74, 6) is 1.70. The summed E-state index contributed by atoms with van der Waals surface area (Å²) in [7, 11) is 0. The van der Waals surface area contributed by atoms with Crippen LogP contribution in [0.5, 0.6) is 0 Å². The van der Waals surface area contributed by atoms with Gasteiger partial charge in [0.1, 0.15) is 11.5 Å². The van der Waals surface area contributed by atoms with Crippen molar-refractivity contribution in [1.29, 1.82) is 5.26 Å². The average molecular weight is 791 g/mol. The quantitative estimate of drug-likeness (QED) is 0.163. The summed E-state index contributed by atoms with van der Waals surface area (Å²) < 4.78 is 4.50. The van der Waals surface area contributed by atoms with Crippen molar-refractivity contribution in [1.82, 2.24) is 19.1 Å². The van der Waals surface area contributed by atoms with E-state index in [0.29, 0.717) is 11.8 Å². The van der Waals surface area contributed by atoms with Gasteiger partial charge in [-0.2, -0.15) is 6.07 Å². The first-order valence-electron chi connectivity index (χ1n) is 15.6. The summed E-state index contributed by atoms with van der Waals surface area (Å²) >= 11 is 0. The van der Waals surface area contributed by atoms with Crippen LogP contribution in [0.1, 0.15) is 50.7 Å². The third-order valence-electron chi connectivity index (χ3n) is 8.88. The van der Waals surface area contributed by atoms with E-state index in [1.54, 1.807) is 0 Å². The van der Waals surface area contributed by atoms with E-state index >= 15 is 0 Å². The second-order valence-corrected chi connectivity index (χ2v) is 12.2. The Kier molecular flexibility index (Phi) is 8.82. The number of fused-ring (bicyclic) bond motifs is 6. The molecule has 0 radical (unpaired) electrons. The molecule has 0 amide bonds. The van der Waals surface area contributed by atoms with Crippen LogP contribution in [0.15, 0.2) is 116 Å². The number of aromatic nitrogens is 4. The Labute approximate surface area is 289 Å². The van der Waals surface area contributed by atoms with Crippen molar-refractivity contribution in [2.24, 2.45) is 0 Å². The summed E-state index contributed by atoms with van der Waals surface area (Å²) in [5.41, 5.74) is 10.4. The second kappa shape index (κ2) is 13.0. The number of benzene rings is 4. The molecule has 0 bridgehead atoms. The van der Waals surface area contributed by atoms with E-state index < -0.39 is 0 Å². The fourth-order valence-corrected chi connectivity index (χ4v) is 6.87. The molecule has 0 aliphatic rings. The minimum atomic E-state index is 0. The van der Waals surface area contributed by atoms with Crippen LogP contribution in [0.25, 0.3) is 66.4 Å². The number of para-hydroxylation sites is 2. The van der Waals surface area contributed by atoms with Crippen molar-refractivity contribution in [2.75, 3.05) is 0 Å². The predicted molar refractivity (Wildman–Crippen MR) is 188 cm³/mol. The Balaban J connectivity index is 0.00000126. The number of pyridine rings is 2. The molecule has 6 heteroatoms. The van der Waals surface area contributed by atoms with Crippen LogP contribution in [-0.2, 0) is 21.1 Å². The zero-order valence-electron chi connectivity index (χ0n) is 26.7. The van der Waals surface area contributed by atoms with Gasteiger partial charge < -0.3 is 21.0 Å². The Bertz CT molecular complexity index is 2330. The smallest absolute Gasteiger partial charge is 0.512 e. The summed E-state index contributed by atoms with van der Waals surface area (Å²) in [6.45, 7) is 13.9. The van der Waals surface area contributed by atoms with Gasteiger partial charge in [0.25, 0.3) is 0 Å². The van der Waals surface area contributed by atoms with Crippen molar-refractivity contribution in [3.05, 3.63) is 139 Å². The van der Waals surface area contributed by atoms with Crippen LogP contribution in [0, 0.1) is 17.9 Å². The molecule has 0 N–H and O–H groups in total. The van der Waals surface area contributed by atoms with Gasteiger partial charge in [-0.1, -0.05) is 93.5 Å². The Morgan fingerprint density at radius 3 is 1.91 bits per heavy atom. The summed E-state index contributed by atoms with van der Waals surface area (Å²) in [5, 5.41) is 10.9. The molecule has 0 saturated heterocycles. The van der Waals surface area contributed by atoms with Crippen molar-refractivity contribution in [2.45, 2.75) is 39.5 Å². The van der Waals surface area contributed by atoms with Crippen molar-refractivity contribution >= 4 is 43.7 Å². The first kappa shape index (κ1) is 31.9. The minimum absolute atomic E-state index is 0. The molecule has 8 aromatic rings. The van der Waals surface area contributed by atoms with Gasteiger partial charge in [0, 0.05) is 28.7 Å². The maximum Gasteiger partial charge on any atom is 2.00 e. The molecule has 4 aromatic heterocycles. The van der Waals surface area contributed by atoms with Crippen LogP contribution in [0.4, 0.5) is 0 Å². The Hall–Kier alpha value is -5.04. The molecule has 0 aliphatic heterocycles. The van der Waals surface area contributed by atoms with Gasteiger partial charge in [0.05, 0.1) is 5.52 Å². The zero-order valence-corrected chi connectivity index (χ0v) is 28.9. The van der Waals surface area contributed by atoms with E-state index in [2.05, 4.69) is 140 Å². The van der Waals surface area contributed by atoms with Crippen molar-refractivity contribution in [3.63, 3.8) is 0 Å². The summed E-state index contributed by atoms with van der Waals surface area (Å²) in [6.07, 6.45) is 3.82. The number of rotatable bonds is 5. The third kappa shape index (κ3) is 5.24. The first-order valence-corrected chi connectivity index (χ1v) is 15.6. The van der Waals surface area contributed by atoms with E-state index in [1.165, 1.54) is 33.0 Å². The van der Waals surface area contributed by atoms with Crippen LogP contribution in [0.3, 0.4) is 0 Å². The number of nitrogens with zero attached hydrogens (tertiary/aromatic N) is 5. The Morgan fingerprint density at radius 2 is 1.23 bits per heavy atom. The fourth-order valence-electron chi connectivity index (χ4n) is 6.87. The zero-order chi connectivity index (χ0) is 31.9. The normalized spacial score (nSPS) is 11.3. The molecule has 0 saturated carbocycles. The standard InChI is InChI=1S/C40H33N4.CN.Pt/c1-25(2)29-13-9-14-30(26(3)4)39(29)27-20-22-41-38(23-27)44-36-17-8-5-11-31(36)33-19-18-28(24-37(33)44)43-35-16-7-6-12-32(35)34-15-10-21-42-40(34)43;1-2;/h5-23,25-26H,1-4H3;;/q2*-1;+2. The van der Waals surface area contributed by atoms with E-state index in [0.717, 1.165) is 44.5 Å². The van der Waals surface area contributed by atoms with Crippen LogP contribution in [-0.4, -0.2) is 19.1 Å². The fraction of sp³-hybridized carbons (Fsp3) is 0.146. The molecule has 4 aromatic carbocycles. The van der Waals surface area contributed by atoms with E-state index in [4.69, 9.17) is 21.8 Å². The maximum atomic E-state index is 6.25. The van der Waals surface area contributed by atoms with Crippen LogP contribution < -0.4 is 0 Å². The minimum Gasteiger partial charge on any atom is -0.512 e.